The van der Waals surface area contributed by atoms with Crippen LogP contribution in [0.15, 0.2) is 36.0 Å². The lowest BCUT2D eigenvalue weighted by Crippen LogP contribution is -2.57. The van der Waals surface area contributed by atoms with Crippen LogP contribution < -0.4 is 16.0 Å². The number of thiazole rings is 1. The van der Waals surface area contributed by atoms with Gasteiger partial charge in [-0.3, -0.25) is 14.4 Å². The molecule has 3 aromatic rings. The molecule has 12 nitrogen and oxygen atoms in total. The number of aryl methyl sites for hydroxylation is 1. The Labute approximate surface area is 255 Å². The van der Waals surface area contributed by atoms with Crippen LogP contribution in [-0.4, -0.2) is 85.5 Å². The number of amides is 3. The maximum Gasteiger partial charge on any atom is 0.274 e. The lowest BCUT2D eigenvalue weighted by Gasteiger charge is -2.35. The fourth-order valence-electron chi connectivity index (χ4n) is 5.60. The molecule has 13 heteroatoms. The maximum absolute atomic E-state index is 13.9. The van der Waals surface area contributed by atoms with Crippen LogP contribution in [0.25, 0.3) is 10.4 Å². The van der Waals surface area contributed by atoms with Crippen LogP contribution in [-0.2, 0) is 16.1 Å². The molecule has 0 radical (unpaired) electrons. The summed E-state index contributed by atoms with van der Waals surface area (Å²) in [6.45, 7) is 9.51. The lowest BCUT2D eigenvalue weighted by molar-refractivity contribution is -0.142. The first-order valence-electron chi connectivity index (χ1n) is 14.7. The first-order valence-corrected chi connectivity index (χ1v) is 15.6. The molecule has 1 aromatic carbocycles. The zero-order valence-electron chi connectivity index (χ0n) is 25.0. The highest BCUT2D eigenvalue weighted by molar-refractivity contribution is 7.13. The second-order valence-corrected chi connectivity index (χ2v) is 13.3. The molecule has 2 aliphatic heterocycles. The topological polar surface area (TPSA) is 154 Å². The molecule has 2 fully saturated rings. The molecule has 2 saturated heterocycles. The molecule has 5 rings (SSSR count). The van der Waals surface area contributed by atoms with Crippen molar-refractivity contribution in [2.45, 2.75) is 77.7 Å². The number of likely N-dealkylation sites (tertiary alicyclic amines) is 1. The van der Waals surface area contributed by atoms with E-state index in [9.17, 15) is 19.5 Å². The molecular weight excluding hydrogens is 568 g/mol. The summed E-state index contributed by atoms with van der Waals surface area (Å²) in [5.74, 6) is -1.29. The van der Waals surface area contributed by atoms with Gasteiger partial charge in [0.25, 0.3) is 5.91 Å². The first kappa shape index (κ1) is 30.8. The van der Waals surface area contributed by atoms with Gasteiger partial charge in [0.2, 0.25) is 11.8 Å². The van der Waals surface area contributed by atoms with Crippen LogP contribution in [0.4, 0.5) is 0 Å². The molecule has 43 heavy (non-hydrogen) atoms. The fourth-order valence-corrected chi connectivity index (χ4v) is 6.42. The second kappa shape index (κ2) is 12.9. The number of carbonyl (C=O) groups is 3. The van der Waals surface area contributed by atoms with E-state index in [1.54, 1.807) is 22.2 Å². The van der Waals surface area contributed by atoms with Crippen molar-refractivity contribution in [1.82, 2.24) is 40.8 Å². The third-order valence-corrected chi connectivity index (χ3v) is 9.05. The molecule has 230 valence electrons. The zero-order chi connectivity index (χ0) is 30.7. The van der Waals surface area contributed by atoms with Crippen molar-refractivity contribution in [3.63, 3.8) is 0 Å². The van der Waals surface area contributed by atoms with E-state index in [0.717, 1.165) is 47.6 Å². The van der Waals surface area contributed by atoms with Crippen LogP contribution in [0.1, 0.15) is 67.8 Å². The standard InChI is InChI=1S/C30H40N8O4S/c1-18-25(43-17-33-18)20-9-7-19(8-10-20)13-32-28(41)24-12-22(39)15-37(24)29(42)26(30(2,3)4)34-27(40)23-16-38(36-35-23)21-6-5-11-31-14-21/h7-10,16-17,21-22,24,26,31,39H,5-6,11-15H2,1-4H3,(H,32,41)(H,34,40)/t21?,22-,24+,26+/m1/s1. The minimum absolute atomic E-state index is 0.00707. The lowest BCUT2D eigenvalue weighted by atomic mass is 9.85. The highest BCUT2D eigenvalue weighted by Crippen LogP contribution is 2.28. The summed E-state index contributed by atoms with van der Waals surface area (Å²) in [6, 6.07) is 6.21. The number of hydrogen-bond donors (Lipinski definition) is 4. The van der Waals surface area contributed by atoms with Crippen LogP contribution in [0.2, 0.25) is 0 Å². The number of hydrogen-bond acceptors (Lipinski definition) is 9. The van der Waals surface area contributed by atoms with Crippen molar-refractivity contribution >= 4 is 29.1 Å². The molecule has 4 heterocycles. The van der Waals surface area contributed by atoms with E-state index in [2.05, 4.69) is 31.2 Å². The molecule has 0 bridgehead atoms. The molecule has 0 aliphatic carbocycles. The molecule has 4 atom stereocenters. The number of benzene rings is 1. The number of carbonyl (C=O) groups excluding carboxylic acids is 3. The van der Waals surface area contributed by atoms with Crippen LogP contribution >= 0.6 is 11.3 Å². The van der Waals surface area contributed by atoms with Crippen LogP contribution in [0.3, 0.4) is 0 Å². The maximum atomic E-state index is 13.9. The van der Waals surface area contributed by atoms with Gasteiger partial charge in [-0.15, -0.1) is 16.4 Å². The SMILES string of the molecule is Cc1ncsc1-c1ccc(CNC(=O)[C@@H]2C[C@@H](O)CN2C(=O)[C@H](NC(=O)c2cn(C3CCCNC3)nn2)C(C)(C)C)cc1. The van der Waals surface area contributed by atoms with E-state index >= 15 is 0 Å². The number of nitrogens with one attached hydrogen (secondary N) is 3. The van der Waals surface area contributed by atoms with Crippen LogP contribution in [0, 0.1) is 12.3 Å². The third-order valence-electron chi connectivity index (χ3n) is 8.07. The summed E-state index contributed by atoms with van der Waals surface area (Å²) in [4.78, 5) is 47.2. The second-order valence-electron chi connectivity index (χ2n) is 12.4. The number of aromatic nitrogens is 4. The van der Waals surface area contributed by atoms with Crippen molar-refractivity contribution in [1.29, 1.82) is 0 Å². The van der Waals surface area contributed by atoms with E-state index in [-0.39, 0.29) is 37.2 Å². The molecule has 2 aliphatic rings. The predicted molar refractivity (Wildman–Crippen MR) is 162 cm³/mol. The van der Waals surface area contributed by atoms with Crippen molar-refractivity contribution in [3.8, 4) is 10.4 Å². The largest absolute Gasteiger partial charge is 0.391 e. The molecule has 3 amide bonds. The molecular formula is C30H40N8O4S. The van der Waals surface area contributed by atoms with Gasteiger partial charge in [-0.25, -0.2) is 9.67 Å². The Bertz CT molecular complexity index is 1440. The van der Waals surface area contributed by atoms with E-state index in [1.807, 2.05) is 57.5 Å². The van der Waals surface area contributed by atoms with Gasteiger partial charge in [-0.1, -0.05) is 50.3 Å². The van der Waals surface area contributed by atoms with Crippen molar-refractivity contribution in [3.05, 3.63) is 52.9 Å². The third kappa shape index (κ3) is 7.11. The smallest absolute Gasteiger partial charge is 0.274 e. The van der Waals surface area contributed by atoms with Gasteiger partial charge >= 0.3 is 0 Å². The average Bonchev–Trinajstić information content (AvgIpc) is 3.74. The highest BCUT2D eigenvalue weighted by Gasteiger charge is 2.44. The monoisotopic (exact) mass is 608 g/mol. The number of aliphatic hydroxyl groups excluding tert-OH is 1. The van der Waals surface area contributed by atoms with Gasteiger partial charge in [0, 0.05) is 26.1 Å². The average molecular weight is 609 g/mol. The summed E-state index contributed by atoms with van der Waals surface area (Å²) in [5.41, 5.74) is 4.21. The Morgan fingerprint density at radius 3 is 2.63 bits per heavy atom. The fraction of sp³-hybridized carbons (Fsp3) is 0.533. The Hall–Kier alpha value is -3.68. The number of β-amino-alcohol motifs (C(OH)–C–C–N with tert-alkyl or cyclic N) is 1. The van der Waals surface area contributed by atoms with Gasteiger partial charge in [-0.2, -0.15) is 0 Å². The zero-order valence-corrected chi connectivity index (χ0v) is 25.9. The highest BCUT2D eigenvalue weighted by atomic mass is 32.1. The summed E-state index contributed by atoms with van der Waals surface area (Å²) >= 11 is 1.58. The van der Waals surface area contributed by atoms with Crippen molar-refractivity contribution in [2.75, 3.05) is 19.6 Å². The quantitative estimate of drug-likeness (QED) is 0.303. The summed E-state index contributed by atoms with van der Waals surface area (Å²) in [7, 11) is 0. The van der Waals surface area contributed by atoms with Crippen molar-refractivity contribution < 1.29 is 19.5 Å². The summed E-state index contributed by atoms with van der Waals surface area (Å²) < 4.78 is 1.69. The van der Waals surface area contributed by atoms with Gasteiger partial charge in [0.1, 0.15) is 12.1 Å². The normalized spacial score (nSPS) is 21.4. The molecule has 0 spiro atoms. The van der Waals surface area contributed by atoms with E-state index < -0.39 is 35.4 Å². The van der Waals surface area contributed by atoms with Gasteiger partial charge in [0.15, 0.2) is 5.69 Å². The Morgan fingerprint density at radius 2 is 1.98 bits per heavy atom. The molecule has 4 N–H and O–H groups in total. The van der Waals surface area contributed by atoms with Crippen molar-refractivity contribution in [2.24, 2.45) is 5.41 Å². The van der Waals surface area contributed by atoms with E-state index in [0.29, 0.717) is 0 Å². The minimum Gasteiger partial charge on any atom is -0.391 e. The van der Waals surface area contributed by atoms with Crippen LogP contribution in [0.5, 0.6) is 0 Å². The first-order chi connectivity index (χ1) is 20.5. The Morgan fingerprint density at radius 1 is 1.21 bits per heavy atom. The Balaban J connectivity index is 1.24. The molecule has 1 unspecified atom stereocenters. The van der Waals surface area contributed by atoms with Gasteiger partial charge in [-0.05, 0) is 42.9 Å². The number of nitrogens with zero attached hydrogens (tertiary/aromatic N) is 5. The number of aliphatic hydroxyl groups is 1. The Kier molecular flexibility index (Phi) is 9.23. The molecule has 0 saturated carbocycles. The number of rotatable bonds is 8. The van der Waals surface area contributed by atoms with Gasteiger partial charge in [0.05, 0.1) is 34.4 Å². The summed E-state index contributed by atoms with van der Waals surface area (Å²) in [5, 5.41) is 27.8. The van der Waals surface area contributed by atoms with E-state index in [4.69, 9.17) is 0 Å². The van der Waals surface area contributed by atoms with E-state index in [1.165, 1.54) is 4.90 Å². The van der Waals surface area contributed by atoms with Gasteiger partial charge < -0.3 is 26.0 Å². The number of piperidine rings is 1. The molecule has 2 aromatic heterocycles. The predicted octanol–water partition coefficient (Wildman–Crippen LogP) is 2.06. The summed E-state index contributed by atoms with van der Waals surface area (Å²) in [6.07, 6.45) is 2.84. The minimum atomic E-state index is -0.954.